The van der Waals surface area contributed by atoms with Crippen molar-refractivity contribution in [2.75, 3.05) is 0 Å². The third-order valence-corrected chi connectivity index (χ3v) is 6.84. The molecule has 0 spiro atoms. The summed E-state index contributed by atoms with van der Waals surface area (Å²) in [6.45, 7) is 0. The van der Waals surface area contributed by atoms with Crippen molar-refractivity contribution in [3.63, 3.8) is 0 Å². The van der Waals surface area contributed by atoms with Crippen LogP contribution in [-0.4, -0.2) is 31.9 Å². The standard InChI is InChI=1S/C11H24F4Si2/c12-10(13)4-1-6-16-8-3-9-17-7-2-5-11(14)15/h10-11H,1-9,16-17H2. The summed E-state index contributed by atoms with van der Waals surface area (Å²) in [4.78, 5) is 0. The third-order valence-electron chi connectivity index (χ3n) is 2.84. The minimum Gasteiger partial charge on any atom is -0.211 e. The van der Waals surface area contributed by atoms with Crippen LogP contribution in [0, 0.1) is 0 Å². The second-order valence-corrected chi connectivity index (χ2v) is 8.78. The Morgan fingerprint density at radius 3 is 1.29 bits per heavy atom. The highest BCUT2D eigenvalue weighted by Gasteiger charge is 2.02. The summed E-state index contributed by atoms with van der Waals surface area (Å²) in [6.07, 6.45) is -1.53. The average molecular weight is 288 g/mol. The highest BCUT2D eigenvalue weighted by atomic mass is 28.2. The van der Waals surface area contributed by atoms with E-state index in [1.807, 2.05) is 0 Å². The first-order chi connectivity index (χ1) is 8.13. The molecule has 0 aromatic carbocycles. The average Bonchev–Trinajstić information content (AvgIpc) is 2.25. The molecule has 0 bridgehead atoms. The number of alkyl halides is 4. The van der Waals surface area contributed by atoms with Gasteiger partial charge in [0.15, 0.2) is 0 Å². The van der Waals surface area contributed by atoms with Crippen LogP contribution in [0.1, 0.15) is 32.1 Å². The molecule has 0 aromatic rings. The minimum absolute atomic E-state index is 0.0649. The van der Waals surface area contributed by atoms with Gasteiger partial charge in [0.2, 0.25) is 12.9 Å². The maximum Gasteiger partial charge on any atom is 0.238 e. The van der Waals surface area contributed by atoms with Gasteiger partial charge in [0.05, 0.1) is 0 Å². The van der Waals surface area contributed by atoms with Crippen molar-refractivity contribution in [2.45, 2.75) is 69.1 Å². The zero-order valence-electron chi connectivity index (χ0n) is 10.4. The van der Waals surface area contributed by atoms with Crippen molar-refractivity contribution in [3.8, 4) is 0 Å². The topological polar surface area (TPSA) is 0 Å². The van der Waals surface area contributed by atoms with E-state index in [1.54, 1.807) is 0 Å². The summed E-state index contributed by atoms with van der Waals surface area (Å²) < 4.78 is 47.2. The van der Waals surface area contributed by atoms with Crippen LogP contribution < -0.4 is 0 Å². The lowest BCUT2D eigenvalue weighted by Gasteiger charge is -2.01. The summed E-state index contributed by atoms with van der Waals surface area (Å²) in [5.74, 6) is 0. The van der Waals surface area contributed by atoms with Crippen LogP contribution in [0.15, 0.2) is 0 Å². The van der Waals surface area contributed by atoms with E-state index in [2.05, 4.69) is 0 Å². The van der Waals surface area contributed by atoms with Gasteiger partial charge in [-0.1, -0.05) is 43.4 Å². The zero-order chi connectivity index (χ0) is 12.9. The van der Waals surface area contributed by atoms with E-state index in [9.17, 15) is 17.6 Å². The Morgan fingerprint density at radius 1 is 0.588 bits per heavy atom. The van der Waals surface area contributed by atoms with Gasteiger partial charge in [0, 0.05) is 31.9 Å². The lowest BCUT2D eigenvalue weighted by atomic mass is 10.3. The molecule has 0 unspecified atom stereocenters. The van der Waals surface area contributed by atoms with E-state index in [4.69, 9.17) is 0 Å². The molecule has 0 atom stereocenters. The van der Waals surface area contributed by atoms with Crippen molar-refractivity contribution in [3.05, 3.63) is 0 Å². The van der Waals surface area contributed by atoms with E-state index >= 15 is 0 Å². The fourth-order valence-electron chi connectivity index (χ4n) is 1.83. The first-order valence-electron chi connectivity index (χ1n) is 6.69. The van der Waals surface area contributed by atoms with Crippen LogP contribution in [0.4, 0.5) is 17.6 Å². The van der Waals surface area contributed by atoms with Gasteiger partial charge in [-0.2, -0.15) is 0 Å². The highest BCUT2D eigenvalue weighted by Crippen LogP contribution is 2.09. The SMILES string of the molecule is FC(F)CCC[SiH2]CCC[SiH2]CCCC(F)F. The Bertz CT molecular complexity index is 140. The van der Waals surface area contributed by atoms with Gasteiger partial charge in [0.25, 0.3) is 0 Å². The molecule has 0 amide bonds. The van der Waals surface area contributed by atoms with Crippen LogP contribution in [0.5, 0.6) is 0 Å². The molecule has 0 aliphatic rings. The van der Waals surface area contributed by atoms with E-state index in [0.717, 1.165) is 12.1 Å². The number of rotatable bonds is 12. The Balaban J connectivity index is 2.94. The maximum atomic E-state index is 11.8. The second kappa shape index (κ2) is 12.6. The molecule has 0 aliphatic heterocycles. The van der Waals surface area contributed by atoms with Gasteiger partial charge < -0.3 is 0 Å². The zero-order valence-corrected chi connectivity index (χ0v) is 13.3. The third kappa shape index (κ3) is 16.2. The normalized spacial score (nSPS) is 13.1. The number of hydrogen-bond donors (Lipinski definition) is 0. The molecule has 0 saturated heterocycles. The lowest BCUT2D eigenvalue weighted by Crippen LogP contribution is -1.96. The molecule has 0 heterocycles. The Kier molecular flexibility index (Phi) is 12.7. The Hall–Kier alpha value is 0.154. The molecule has 0 radical (unpaired) electrons. The summed E-state index contributed by atoms with van der Waals surface area (Å²) in [5, 5.41) is 0. The van der Waals surface area contributed by atoms with Gasteiger partial charge >= 0.3 is 0 Å². The molecule has 0 nitrogen and oxygen atoms in total. The van der Waals surface area contributed by atoms with Gasteiger partial charge in [-0.05, 0) is 0 Å². The molecule has 0 N–H and O–H groups in total. The first kappa shape index (κ1) is 17.2. The van der Waals surface area contributed by atoms with Crippen LogP contribution >= 0.6 is 0 Å². The predicted octanol–water partition coefficient (Wildman–Crippen LogP) is 3.48. The molecule has 0 aliphatic carbocycles. The Morgan fingerprint density at radius 2 is 0.941 bits per heavy atom. The van der Waals surface area contributed by atoms with E-state index in [-0.39, 0.29) is 31.9 Å². The van der Waals surface area contributed by atoms with Gasteiger partial charge in [-0.25, -0.2) is 17.6 Å². The second-order valence-electron chi connectivity index (χ2n) is 4.54. The lowest BCUT2D eigenvalue weighted by molar-refractivity contribution is 0.136. The van der Waals surface area contributed by atoms with Crippen molar-refractivity contribution < 1.29 is 17.6 Å². The van der Waals surface area contributed by atoms with Crippen LogP contribution in [-0.2, 0) is 0 Å². The van der Waals surface area contributed by atoms with Crippen molar-refractivity contribution >= 4 is 19.0 Å². The predicted molar refractivity (Wildman–Crippen MR) is 71.4 cm³/mol. The van der Waals surface area contributed by atoms with Gasteiger partial charge in [0.1, 0.15) is 0 Å². The highest BCUT2D eigenvalue weighted by molar-refractivity contribution is 6.37. The largest absolute Gasteiger partial charge is 0.238 e. The fourth-order valence-corrected chi connectivity index (χ4v) is 5.95. The molecule has 0 fully saturated rings. The van der Waals surface area contributed by atoms with E-state index in [1.165, 1.54) is 18.5 Å². The smallest absolute Gasteiger partial charge is 0.211 e. The number of halogens is 4. The van der Waals surface area contributed by atoms with Gasteiger partial charge in [-0.15, -0.1) is 0 Å². The van der Waals surface area contributed by atoms with E-state index in [0.29, 0.717) is 12.8 Å². The summed E-state index contributed by atoms with van der Waals surface area (Å²) in [6, 6.07) is 4.59. The van der Waals surface area contributed by atoms with Crippen LogP contribution in [0.3, 0.4) is 0 Å². The molecule has 0 saturated carbocycles. The van der Waals surface area contributed by atoms with Crippen LogP contribution in [0.25, 0.3) is 0 Å². The van der Waals surface area contributed by atoms with Crippen molar-refractivity contribution in [2.24, 2.45) is 0 Å². The van der Waals surface area contributed by atoms with Crippen molar-refractivity contribution in [1.29, 1.82) is 0 Å². The molecule has 104 valence electrons. The van der Waals surface area contributed by atoms with Gasteiger partial charge in [-0.3, -0.25) is 0 Å². The molecular formula is C11H24F4Si2. The summed E-state index contributed by atoms with van der Waals surface area (Å²) >= 11 is 0. The van der Waals surface area contributed by atoms with Crippen molar-refractivity contribution in [1.82, 2.24) is 0 Å². The first-order valence-corrected chi connectivity index (χ1v) is 10.7. The minimum atomic E-state index is -2.13. The number of hydrogen-bond acceptors (Lipinski definition) is 0. The summed E-state index contributed by atoms with van der Waals surface area (Å²) in [5.41, 5.74) is 0. The van der Waals surface area contributed by atoms with E-state index < -0.39 is 12.9 Å². The van der Waals surface area contributed by atoms with Crippen LogP contribution in [0.2, 0.25) is 24.2 Å². The molecule has 6 heteroatoms. The maximum absolute atomic E-state index is 11.8. The Labute approximate surface area is 106 Å². The molecule has 0 rings (SSSR count). The summed E-state index contributed by atoms with van der Waals surface area (Å²) in [7, 11) is -0.230. The monoisotopic (exact) mass is 288 g/mol. The molecular weight excluding hydrogens is 264 g/mol. The molecule has 17 heavy (non-hydrogen) atoms. The molecule has 0 aromatic heterocycles. The quantitative estimate of drug-likeness (QED) is 0.293. The fraction of sp³-hybridized carbons (Fsp3) is 1.00.